The molecule has 0 aliphatic rings. The van der Waals surface area contributed by atoms with Crippen molar-refractivity contribution in [3.63, 3.8) is 0 Å². The Morgan fingerprint density at radius 2 is 1.40 bits per heavy atom. The first-order valence-electron chi connectivity index (χ1n) is 7.92. The molecule has 0 saturated heterocycles. The van der Waals surface area contributed by atoms with Crippen molar-refractivity contribution in [2.75, 3.05) is 0 Å². The van der Waals surface area contributed by atoms with Gasteiger partial charge in [0.05, 0.1) is 5.69 Å². The van der Waals surface area contributed by atoms with E-state index in [1.165, 1.54) is 6.07 Å². The molecule has 0 N–H and O–H groups in total. The van der Waals surface area contributed by atoms with Crippen LogP contribution in [0.5, 0.6) is 0 Å². The van der Waals surface area contributed by atoms with Gasteiger partial charge in [0.15, 0.2) is 5.82 Å². The number of nitrogens with zero attached hydrogens (tertiary/aromatic N) is 4. The Morgan fingerprint density at radius 1 is 0.760 bits per heavy atom. The molecule has 0 bridgehead atoms. The zero-order valence-corrected chi connectivity index (χ0v) is 13.6. The molecule has 5 heteroatoms. The number of rotatable bonds is 3. The topological polar surface area (TPSA) is 43.6 Å². The van der Waals surface area contributed by atoms with Gasteiger partial charge in [0.2, 0.25) is 0 Å². The van der Waals surface area contributed by atoms with Gasteiger partial charge in [0.25, 0.3) is 0 Å². The van der Waals surface area contributed by atoms with E-state index in [1.807, 2.05) is 43.3 Å². The largest absolute Gasteiger partial charge is 0.276 e. The van der Waals surface area contributed by atoms with E-state index in [2.05, 4.69) is 15.2 Å². The van der Waals surface area contributed by atoms with Crippen LogP contribution in [0.15, 0.2) is 73.1 Å². The van der Waals surface area contributed by atoms with Crippen LogP contribution >= 0.6 is 0 Å². The first-order valence-corrected chi connectivity index (χ1v) is 7.92. The van der Waals surface area contributed by atoms with Crippen molar-refractivity contribution in [3.05, 3.63) is 84.7 Å². The Hall–Kier alpha value is -3.34. The van der Waals surface area contributed by atoms with Crippen molar-refractivity contribution in [1.29, 1.82) is 0 Å². The Bertz CT molecular complexity index is 1010. The maximum atomic E-state index is 14.2. The summed E-state index contributed by atoms with van der Waals surface area (Å²) in [4.78, 5) is 4.04. The molecule has 0 fully saturated rings. The van der Waals surface area contributed by atoms with E-state index < -0.39 is 0 Å². The minimum Gasteiger partial charge on any atom is -0.276 e. The van der Waals surface area contributed by atoms with Gasteiger partial charge in [0, 0.05) is 18.0 Å². The van der Waals surface area contributed by atoms with Crippen LogP contribution in [-0.2, 0) is 0 Å². The van der Waals surface area contributed by atoms with Crippen LogP contribution in [-0.4, -0.2) is 19.7 Å². The molecule has 2 aromatic heterocycles. The first kappa shape index (κ1) is 15.2. The number of pyridine rings is 1. The monoisotopic (exact) mass is 330 g/mol. The lowest BCUT2D eigenvalue weighted by atomic mass is 10.0. The molecule has 0 aliphatic carbocycles. The molecule has 2 aromatic carbocycles. The molecule has 25 heavy (non-hydrogen) atoms. The Morgan fingerprint density at radius 3 is 2.12 bits per heavy atom. The van der Waals surface area contributed by atoms with E-state index in [1.54, 1.807) is 35.2 Å². The van der Waals surface area contributed by atoms with Crippen molar-refractivity contribution < 1.29 is 4.39 Å². The number of aryl methyl sites for hydroxylation is 1. The summed E-state index contributed by atoms with van der Waals surface area (Å²) in [5.41, 5.74) is 3.49. The van der Waals surface area contributed by atoms with Gasteiger partial charge < -0.3 is 0 Å². The molecule has 0 unspecified atom stereocenters. The average Bonchev–Trinajstić information content (AvgIpc) is 3.04. The summed E-state index contributed by atoms with van der Waals surface area (Å²) in [6, 6.07) is 18.5. The van der Waals surface area contributed by atoms with Crippen molar-refractivity contribution in [2.24, 2.45) is 0 Å². The predicted molar refractivity (Wildman–Crippen MR) is 94.7 cm³/mol. The average molecular weight is 330 g/mol. The molecule has 0 radical (unpaired) electrons. The van der Waals surface area contributed by atoms with Crippen LogP contribution in [0.25, 0.3) is 28.2 Å². The minimum atomic E-state index is -0.306. The summed E-state index contributed by atoms with van der Waals surface area (Å²) in [6.07, 6.45) is 3.53. The minimum absolute atomic E-state index is 0.306. The lowest BCUT2D eigenvalue weighted by Gasteiger charge is -2.10. The van der Waals surface area contributed by atoms with Gasteiger partial charge in [-0.1, -0.05) is 36.4 Å². The zero-order valence-electron chi connectivity index (χ0n) is 13.6. The van der Waals surface area contributed by atoms with E-state index in [4.69, 9.17) is 0 Å². The number of para-hydroxylation sites is 1. The number of halogens is 1. The second-order valence-electron chi connectivity index (χ2n) is 5.67. The van der Waals surface area contributed by atoms with Gasteiger partial charge in [-0.15, -0.1) is 10.2 Å². The molecule has 0 amide bonds. The quantitative estimate of drug-likeness (QED) is 0.557. The van der Waals surface area contributed by atoms with Gasteiger partial charge in [-0.3, -0.25) is 9.55 Å². The number of hydrogen-bond acceptors (Lipinski definition) is 3. The van der Waals surface area contributed by atoms with Crippen molar-refractivity contribution in [3.8, 4) is 28.2 Å². The second-order valence-corrected chi connectivity index (χ2v) is 5.67. The third kappa shape index (κ3) is 2.80. The van der Waals surface area contributed by atoms with Crippen LogP contribution in [0.1, 0.15) is 5.82 Å². The van der Waals surface area contributed by atoms with Crippen LogP contribution in [0, 0.1) is 12.7 Å². The lowest BCUT2D eigenvalue weighted by Crippen LogP contribution is -2.02. The van der Waals surface area contributed by atoms with Crippen molar-refractivity contribution in [2.45, 2.75) is 6.92 Å². The lowest BCUT2D eigenvalue weighted by molar-refractivity contribution is 0.617. The molecule has 2 heterocycles. The van der Waals surface area contributed by atoms with E-state index in [0.29, 0.717) is 17.3 Å². The summed E-state index contributed by atoms with van der Waals surface area (Å²) < 4.78 is 16.0. The molecule has 4 rings (SSSR count). The summed E-state index contributed by atoms with van der Waals surface area (Å²) in [5, 5.41) is 8.37. The van der Waals surface area contributed by atoms with E-state index >= 15 is 0 Å². The molecular weight excluding hydrogens is 315 g/mol. The van der Waals surface area contributed by atoms with Crippen molar-refractivity contribution >= 4 is 0 Å². The third-order valence-corrected chi connectivity index (χ3v) is 4.07. The summed E-state index contributed by atoms with van der Waals surface area (Å²) in [5.74, 6) is 0.947. The normalized spacial score (nSPS) is 10.8. The number of aromatic nitrogens is 4. The second kappa shape index (κ2) is 6.28. The summed E-state index contributed by atoms with van der Waals surface area (Å²) in [7, 11) is 0. The number of hydrogen-bond donors (Lipinski definition) is 0. The molecule has 0 aliphatic heterocycles. The maximum Gasteiger partial charge on any atom is 0.168 e. The van der Waals surface area contributed by atoms with E-state index in [-0.39, 0.29) is 5.82 Å². The highest BCUT2D eigenvalue weighted by molar-refractivity contribution is 5.68. The zero-order chi connectivity index (χ0) is 17.2. The fourth-order valence-electron chi connectivity index (χ4n) is 2.83. The standard InChI is InChI=1S/C20H15FN4/c1-14-23-24-20(25(14)19-5-3-2-4-18(19)21)17-8-6-15(7-9-17)16-10-12-22-13-11-16/h2-13H,1H3. The fraction of sp³-hybridized carbons (Fsp3) is 0.0500. The molecule has 0 saturated carbocycles. The van der Waals surface area contributed by atoms with E-state index in [0.717, 1.165) is 16.7 Å². The fourth-order valence-corrected chi connectivity index (χ4v) is 2.83. The van der Waals surface area contributed by atoms with Gasteiger partial charge in [-0.2, -0.15) is 0 Å². The highest BCUT2D eigenvalue weighted by Gasteiger charge is 2.15. The smallest absolute Gasteiger partial charge is 0.168 e. The van der Waals surface area contributed by atoms with Crippen LogP contribution < -0.4 is 0 Å². The number of benzene rings is 2. The molecule has 0 spiro atoms. The van der Waals surface area contributed by atoms with Gasteiger partial charge >= 0.3 is 0 Å². The Labute approximate surface area is 144 Å². The van der Waals surface area contributed by atoms with Gasteiger partial charge in [0.1, 0.15) is 11.6 Å². The van der Waals surface area contributed by atoms with Gasteiger partial charge in [-0.25, -0.2) is 4.39 Å². The summed E-state index contributed by atoms with van der Waals surface area (Å²) in [6.45, 7) is 1.81. The summed E-state index contributed by atoms with van der Waals surface area (Å²) >= 11 is 0. The predicted octanol–water partition coefficient (Wildman–Crippen LogP) is 4.44. The van der Waals surface area contributed by atoms with Crippen LogP contribution in [0.3, 0.4) is 0 Å². The first-order chi connectivity index (χ1) is 12.2. The Balaban J connectivity index is 1.78. The third-order valence-electron chi connectivity index (χ3n) is 4.07. The van der Waals surface area contributed by atoms with Crippen LogP contribution in [0.2, 0.25) is 0 Å². The maximum absolute atomic E-state index is 14.2. The highest BCUT2D eigenvalue weighted by Crippen LogP contribution is 2.27. The molecule has 4 nitrogen and oxygen atoms in total. The molecule has 122 valence electrons. The van der Waals surface area contributed by atoms with Crippen LogP contribution in [0.4, 0.5) is 4.39 Å². The van der Waals surface area contributed by atoms with E-state index in [9.17, 15) is 4.39 Å². The van der Waals surface area contributed by atoms with Crippen molar-refractivity contribution in [1.82, 2.24) is 19.7 Å². The SMILES string of the molecule is Cc1nnc(-c2ccc(-c3ccncc3)cc2)n1-c1ccccc1F. The Kier molecular flexibility index (Phi) is 3.82. The molecule has 0 atom stereocenters. The van der Waals surface area contributed by atoms with Gasteiger partial charge in [-0.05, 0) is 42.3 Å². The highest BCUT2D eigenvalue weighted by atomic mass is 19.1. The molecule has 4 aromatic rings. The molecular formula is C20H15FN4.